The molecular formula is C56H71N7O9. The number of ether oxygens (including phenoxy) is 5. The Balaban J connectivity index is 0.878. The highest BCUT2D eigenvalue weighted by atomic mass is 16.5. The molecule has 6 aliphatic rings. The Morgan fingerprint density at radius 3 is 1.85 bits per heavy atom. The lowest BCUT2D eigenvalue weighted by atomic mass is 9.85. The number of carbonyl (C=O) groups excluding carboxylic acids is 4. The summed E-state index contributed by atoms with van der Waals surface area (Å²) in [4.78, 5) is 72.5. The van der Waals surface area contributed by atoms with E-state index in [1.54, 1.807) is 0 Å². The molecule has 384 valence electrons. The number of H-pyrrole nitrogens is 1. The Kier molecular flexibility index (Phi) is 13.6. The number of hydrogen-bond donors (Lipinski definition) is 3. The molecule has 0 aliphatic carbocycles. The number of likely N-dealkylation sites (tertiary alicyclic amines) is 2. The predicted molar refractivity (Wildman–Crippen MR) is 273 cm³/mol. The topological polar surface area (TPSA) is 186 Å². The van der Waals surface area contributed by atoms with E-state index in [2.05, 4.69) is 85.8 Å². The molecule has 16 heteroatoms. The minimum absolute atomic E-state index is 0.0312. The SMILES string of the molecule is COC(=O)N[C@H](C(=O)N1[C@@H](C2=Nc3ccc4cc5c(cc4c3C2)OCc2cc(-c3cnc([C@H]4C[C@@H](C)[C@@H](C)N4C(=O)[C@@H](NC(=O)OC)C4C[C@@H](C)O[C@H](C)C4)[nH]3)ccc2-5)C[C@@H](C)[C@H]1C)C1C[C@@H](C)O[C@H](C)C1. The summed E-state index contributed by atoms with van der Waals surface area (Å²) in [6, 6.07) is 12.8. The van der Waals surface area contributed by atoms with Gasteiger partial charge < -0.3 is 49.1 Å². The third-order valence-corrected chi connectivity index (χ3v) is 17.0. The largest absolute Gasteiger partial charge is 0.488 e. The fourth-order valence-electron chi connectivity index (χ4n) is 13.1. The number of hydrogen-bond acceptors (Lipinski definition) is 11. The van der Waals surface area contributed by atoms with Crippen LogP contribution >= 0.6 is 0 Å². The number of aromatic amines is 1. The van der Waals surface area contributed by atoms with Crippen LogP contribution in [0.1, 0.15) is 117 Å². The molecule has 0 spiro atoms. The number of nitrogens with zero attached hydrogens (tertiary/aromatic N) is 4. The standard InChI is InChI=1S/C56H71N7O9/c1-27-15-47(62(33(27)7)53(64)50(60-55(66)68-9)37-17-29(3)71-30(4)18-37)45-23-42-41-24-49-43(22-35(41)12-14-44(42)58-45)40-13-11-36(21-39(40)26-70-49)46-25-57-52(59-46)48-16-28(2)34(8)63(48)54(65)51(61-56(67)69-10)38-19-31(5)72-32(6)20-38/h11-14,21-22,24-25,27-34,37-38,47-48,50-51H,15-20,23,26H2,1-10H3,(H,57,59)(H,60,66)(H,61,67)/t27-,28-,29-,30-,31-,32-,33-,34-,47-,48-,50+,51+/m1/s1. The molecule has 6 aliphatic heterocycles. The fraction of sp³-hybridized carbons (Fsp3) is 0.571. The van der Waals surface area contributed by atoms with E-state index in [1.165, 1.54) is 14.2 Å². The van der Waals surface area contributed by atoms with E-state index < -0.39 is 24.3 Å². The summed E-state index contributed by atoms with van der Waals surface area (Å²) in [7, 11) is 2.65. The van der Waals surface area contributed by atoms with Crippen molar-refractivity contribution in [3.63, 3.8) is 0 Å². The van der Waals surface area contributed by atoms with Crippen molar-refractivity contribution in [3.8, 4) is 28.1 Å². The van der Waals surface area contributed by atoms with Crippen molar-refractivity contribution in [2.24, 2.45) is 28.7 Å². The van der Waals surface area contributed by atoms with Crippen molar-refractivity contribution in [2.45, 2.75) is 168 Å². The molecule has 4 saturated heterocycles. The van der Waals surface area contributed by atoms with Crippen LogP contribution in [0.3, 0.4) is 0 Å². The average molecular weight is 986 g/mol. The number of benzene rings is 3. The second-order valence-corrected chi connectivity index (χ2v) is 21.9. The van der Waals surface area contributed by atoms with Gasteiger partial charge in [-0.05, 0) is 161 Å². The Morgan fingerprint density at radius 2 is 1.26 bits per heavy atom. The molecule has 0 saturated carbocycles. The summed E-state index contributed by atoms with van der Waals surface area (Å²) in [5, 5.41) is 8.00. The summed E-state index contributed by atoms with van der Waals surface area (Å²) in [6.45, 7) is 17.0. The minimum atomic E-state index is -0.760. The molecule has 3 N–H and O–H groups in total. The van der Waals surface area contributed by atoms with Crippen LogP contribution in [0.5, 0.6) is 5.75 Å². The molecule has 16 nitrogen and oxygen atoms in total. The second kappa shape index (κ2) is 19.8. The molecule has 10 rings (SSSR count). The molecule has 72 heavy (non-hydrogen) atoms. The van der Waals surface area contributed by atoms with Gasteiger partial charge in [-0.3, -0.25) is 14.6 Å². The monoisotopic (exact) mass is 986 g/mol. The maximum Gasteiger partial charge on any atom is 0.407 e. The Hall–Kier alpha value is -6.00. The van der Waals surface area contributed by atoms with Crippen molar-refractivity contribution in [3.05, 3.63) is 65.6 Å². The first-order valence-corrected chi connectivity index (χ1v) is 26.1. The van der Waals surface area contributed by atoms with Crippen LogP contribution < -0.4 is 15.4 Å². The number of rotatable bonds is 9. The third-order valence-electron chi connectivity index (χ3n) is 17.0. The highest BCUT2D eigenvalue weighted by Gasteiger charge is 2.49. The molecule has 3 aromatic carbocycles. The molecule has 0 unspecified atom stereocenters. The number of alkyl carbamates (subject to hydrolysis) is 2. The van der Waals surface area contributed by atoms with Gasteiger partial charge in [0, 0.05) is 29.8 Å². The lowest BCUT2D eigenvalue weighted by molar-refractivity contribution is -0.141. The Bertz CT molecular complexity index is 2770. The highest BCUT2D eigenvalue weighted by Crippen LogP contribution is 2.47. The van der Waals surface area contributed by atoms with E-state index in [4.69, 9.17) is 33.7 Å². The number of imidazole rings is 1. The van der Waals surface area contributed by atoms with E-state index in [0.29, 0.717) is 44.5 Å². The second-order valence-electron chi connectivity index (χ2n) is 21.9. The van der Waals surface area contributed by atoms with Crippen LogP contribution in [0, 0.1) is 23.7 Å². The van der Waals surface area contributed by atoms with Crippen LogP contribution in [0.4, 0.5) is 15.3 Å². The summed E-state index contributed by atoms with van der Waals surface area (Å²) in [5.74, 6) is 1.53. The highest BCUT2D eigenvalue weighted by molar-refractivity contribution is 6.07. The first-order chi connectivity index (χ1) is 34.5. The lowest BCUT2D eigenvalue weighted by Gasteiger charge is -2.39. The van der Waals surface area contributed by atoms with E-state index in [1.807, 2.05) is 43.7 Å². The van der Waals surface area contributed by atoms with Gasteiger partial charge in [-0.15, -0.1) is 0 Å². The van der Waals surface area contributed by atoms with Gasteiger partial charge >= 0.3 is 12.2 Å². The number of methoxy groups -OCH3 is 2. The lowest BCUT2D eigenvalue weighted by Crippen LogP contribution is -2.57. The van der Waals surface area contributed by atoms with Gasteiger partial charge in [0.05, 0.1) is 68.3 Å². The van der Waals surface area contributed by atoms with Gasteiger partial charge in [0.2, 0.25) is 11.8 Å². The molecule has 0 bridgehead atoms. The van der Waals surface area contributed by atoms with E-state index in [-0.39, 0.29) is 84.1 Å². The maximum absolute atomic E-state index is 14.8. The van der Waals surface area contributed by atoms with Crippen molar-refractivity contribution in [1.82, 2.24) is 30.4 Å². The molecule has 4 aromatic rings. The Morgan fingerprint density at radius 1 is 0.694 bits per heavy atom. The number of fused-ring (bicyclic) bond motifs is 6. The van der Waals surface area contributed by atoms with Crippen LogP contribution in [0.2, 0.25) is 0 Å². The van der Waals surface area contributed by atoms with Crippen LogP contribution in [-0.4, -0.2) is 118 Å². The average Bonchev–Trinajstić information content (AvgIpc) is 4.15. The molecule has 7 heterocycles. The van der Waals surface area contributed by atoms with Gasteiger partial charge in [-0.1, -0.05) is 32.0 Å². The van der Waals surface area contributed by atoms with Gasteiger partial charge in [-0.2, -0.15) is 0 Å². The van der Waals surface area contributed by atoms with Crippen molar-refractivity contribution in [2.75, 3.05) is 14.2 Å². The summed E-state index contributed by atoms with van der Waals surface area (Å²) < 4.78 is 28.6. The smallest absolute Gasteiger partial charge is 0.407 e. The Labute approximate surface area is 422 Å². The molecule has 4 amide bonds. The van der Waals surface area contributed by atoms with Crippen molar-refractivity contribution >= 4 is 46.2 Å². The first-order valence-electron chi connectivity index (χ1n) is 26.1. The fourth-order valence-corrected chi connectivity index (χ4v) is 13.1. The zero-order valence-electron chi connectivity index (χ0n) is 43.3. The minimum Gasteiger partial charge on any atom is -0.488 e. The van der Waals surface area contributed by atoms with Crippen molar-refractivity contribution in [1.29, 1.82) is 0 Å². The third kappa shape index (κ3) is 9.22. The van der Waals surface area contributed by atoms with E-state index >= 15 is 0 Å². The number of aliphatic imine (C=N–C) groups is 1. The zero-order chi connectivity index (χ0) is 50.9. The number of nitrogens with one attached hydrogen (secondary N) is 3. The summed E-state index contributed by atoms with van der Waals surface area (Å²) >= 11 is 0. The zero-order valence-corrected chi connectivity index (χ0v) is 43.3. The van der Waals surface area contributed by atoms with Crippen LogP contribution in [-0.2, 0) is 41.6 Å². The normalized spacial score (nSPS) is 30.6. The molecule has 12 atom stereocenters. The van der Waals surface area contributed by atoms with Gasteiger partial charge in [-0.25, -0.2) is 14.6 Å². The van der Waals surface area contributed by atoms with Gasteiger partial charge in [0.15, 0.2) is 0 Å². The number of carbonyl (C=O) groups is 4. The van der Waals surface area contributed by atoms with Crippen molar-refractivity contribution < 1.29 is 42.9 Å². The first kappa shape index (κ1) is 49.6. The summed E-state index contributed by atoms with van der Waals surface area (Å²) in [5.41, 5.74) is 7.96. The van der Waals surface area contributed by atoms with Gasteiger partial charge in [0.25, 0.3) is 0 Å². The molecule has 4 fully saturated rings. The van der Waals surface area contributed by atoms with E-state index in [0.717, 1.165) is 74.3 Å². The van der Waals surface area contributed by atoms with Crippen LogP contribution in [0.15, 0.2) is 53.7 Å². The number of aromatic nitrogens is 2. The maximum atomic E-state index is 14.8. The van der Waals surface area contributed by atoms with Gasteiger partial charge in [0.1, 0.15) is 30.3 Å². The molecule has 0 radical (unpaired) electrons. The quantitative estimate of drug-likeness (QED) is 0.146. The molecular weight excluding hydrogens is 915 g/mol. The van der Waals surface area contributed by atoms with E-state index in [9.17, 15) is 19.2 Å². The predicted octanol–water partition coefficient (Wildman–Crippen LogP) is 9.20. The number of amides is 4. The molecule has 1 aromatic heterocycles. The summed E-state index contributed by atoms with van der Waals surface area (Å²) in [6.07, 6.45) is 5.21. The van der Waals surface area contributed by atoms with Crippen LogP contribution in [0.25, 0.3) is 33.2 Å².